The maximum Gasteiger partial charge on any atom is 0.410 e. The van der Waals surface area contributed by atoms with Crippen LogP contribution in [0.2, 0.25) is 0 Å². The number of piperidine rings is 1. The van der Waals surface area contributed by atoms with E-state index in [-0.39, 0.29) is 23.6 Å². The second-order valence-electron chi connectivity index (χ2n) is 8.06. The second-order valence-corrected chi connectivity index (χ2v) is 8.06. The van der Waals surface area contributed by atoms with Crippen LogP contribution in [0, 0.1) is 5.41 Å². The van der Waals surface area contributed by atoms with Gasteiger partial charge in [0.25, 0.3) is 0 Å². The van der Waals surface area contributed by atoms with Crippen molar-refractivity contribution < 1.29 is 14.3 Å². The lowest BCUT2D eigenvalue weighted by Crippen LogP contribution is -2.49. The van der Waals surface area contributed by atoms with Crippen LogP contribution in [0.4, 0.5) is 9.59 Å². The van der Waals surface area contributed by atoms with Crippen LogP contribution in [0.25, 0.3) is 0 Å². The fourth-order valence-corrected chi connectivity index (χ4v) is 2.13. The lowest BCUT2D eigenvalue weighted by molar-refractivity contribution is 0.0201. The predicted octanol–water partition coefficient (Wildman–Crippen LogP) is 3.24. The van der Waals surface area contributed by atoms with Gasteiger partial charge in [0.1, 0.15) is 5.60 Å². The molecule has 6 heteroatoms. The zero-order chi connectivity index (χ0) is 17.7. The molecule has 0 aromatic carbocycles. The summed E-state index contributed by atoms with van der Waals surface area (Å²) >= 11 is 0. The average molecular weight is 325 g/mol. The van der Waals surface area contributed by atoms with Gasteiger partial charge in [0.2, 0.25) is 0 Å². The highest BCUT2D eigenvalue weighted by molar-refractivity contribution is 5.75. The summed E-state index contributed by atoms with van der Waals surface area (Å²) in [5.74, 6) is 0. The number of carbonyl (C=O) groups is 2. The van der Waals surface area contributed by atoms with Gasteiger partial charge in [0, 0.05) is 25.3 Å². The number of nitrogens with one attached hydrogen (secondary N) is 2. The predicted molar refractivity (Wildman–Crippen MR) is 91.1 cm³/mol. The first-order valence-electron chi connectivity index (χ1n) is 8.19. The van der Waals surface area contributed by atoms with E-state index in [9.17, 15) is 9.59 Å². The van der Waals surface area contributed by atoms with Gasteiger partial charge in [0.15, 0.2) is 0 Å². The third-order valence-corrected chi connectivity index (χ3v) is 3.28. The van der Waals surface area contributed by atoms with Crippen molar-refractivity contribution >= 4 is 12.1 Å². The van der Waals surface area contributed by atoms with Crippen molar-refractivity contribution in [3.8, 4) is 0 Å². The second kappa shape index (κ2) is 7.70. The van der Waals surface area contributed by atoms with Crippen LogP contribution in [0.3, 0.4) is 0 Å². The third-order valence-electron chi connectivity index (χ3n) is 3.28. The lowest BCUT2D eigenvalue weighted by atomic mass is 9.97. The van der Waals surface area contributed by atoms with E-state index in [1.807, 2.05) is 26.8 Å². The Labute approximate surface area is 139 Å². The number of hydrogen-bond acceptors (Lipinski definition) is 3. The lowest BCUT2D eigenvalue weighted by Gasteiger charge is -2.33. The van der Waals surface area contributed by atoms with Crippen molar-refractivity contribution in [2.24, 2.45) is 5.41 Å². The van der Waals surface area contributed by atoms with Gasteiger partial charge in [-0.2, -0.15) is 0 Å². The molecule has 0 aromatic rings. The molecule has 132 valence electrons. The van der Waals surface area contributed by atoms with Crippen LogP contribution < -0.4 is 10.6 Å². The van der Waals surface area contributed by atoms with Crippen molar-refractivity contribution in [1.29, 1.82) is 0 Å². The zero-order valence-electron chi connectivity index (χ0n) is 15.2. The normalized spacial score (nSPS) is 17.2. The number of carbonyl (C=O) groups excluding carboxylic acids is 2. The summed E-state index contributed by atoms with van der Waals surface area (Å²) in [4.78, 5) is 25.5. The van der Waals surface area contributed by atoms with Gasteiger partial charge in [-0.25, -0.2) is 9.59 Å². The van der Waals surface area contributed by atoms with E-state index < -0.39 is 5.60 Å². The largest absolute Gasteiger partial charge is 0.444 e. The molecule has 0 bridgehead atoms. The van der Waals surface area contributed by atoms with E-state index in [1.165, 1.54) is 0 Å². The molecule has 1 heterocycles. The first kappa shape index (κ1) is 19.3. The molecule has 1 rings (SSSR count). The number of amides is 3. The van der Waals surface area contributed by atoms with Gasteiger partial charge < -0.3 is 20.3 Å². The van der Waals surface area contributed by atoms with E-state index in [1.54, 1.807) is 11.1 Å². The minimum atomic E-state index is -0.481. The monoisotopic (exact) mass is 325 g/mol. The Balaban J connectivity index is 2.32. The van der Waals surface area contributed by atoms with E-state index in [4.69, 9.17) is 4.74 Å². The molecule has 0 unspecified atom stereocenters. The SMILES string of the molecule is CC(C)(C)/C=C/NC(=O)NC1CCN(C(=O)OC(C)(C)C)CC1. The minimum absolute atomic E-state index is 0.0338. The molecular weight excluding hydrogens is 294 g/mol. The maximum absolute atomic E-state index is 12.0. The Hall–Kier alpha value is -1.72. The van der Waals surface area contributed by atoms with Crippen molar-refractivity contribution in [2.75, 3.05) is 13.1 Å². The molecule has 0 spiro atoms. The van der Waals surface area contributed by atoms with Crippen molar-refractivity contribution in [3.63, 3.8) is 0 Å². The topological polar surface area (TPSA) is 70.7 Å². The number of hydrogen-bond donors (Lipinski definition) is 2. The van der Waals surface area contributed by atoms with Gasteiger partial charge in [0.05, 0.1) is 0 Å². The van der Waals surface area contributed by atoms with Crippen LogP contribution in [-0.2, 0) is 4.74 Å². The molecule has 1 fully saturated rings. The number of allylic oxidation sites excluding steroid dienone is 1. The summed E-state index contributed by atoms with van der Waals surface area (Å²) in [5, 5.41) is 5.65. The Morgan fingerprint density at radius 2 is 1.65 bits per heavy atom. The van der Waals surface area contributed by atoms with Crippen molar-refractivity contribution in [3.05, 3.63) is 12.3 Å². The molecule has 2 N–H and O–H groups in total. The summed E-state index contributed by atoms with van der Waals surface area (Å²) in [5.41, 5.74) is -0.447. The summed E-state index contributed by atoms with van der Waals surface area (Å²) in [6.07, 6.45) is 4.79. The standard InChI is InChI=1S/C17H31N3O3/c1-16(2,3)9-10-18-14(21)19-13-7-11-20(12-8-13)15(22)23-17(4,5)6/h9-10,13H,7-8,11-12H2,1-6H3,(H2,18,19,21)/b10-9+. The third kappa shape index (κ3) is 8.47. The molecule has 0 aliphatic carbocycles. The van der Waals surface area contributed by atoms with Crippen LogP contribution >= 0.6 is 0 Å². The van der Waals surface area contributed by atoms with E-state index in [0.717, 1.165) is 12.8 Å². The highest BCUT2D eigenvalue weighted by Gasteiger charge is 2.27. The quantitative estimate of drug-likeness (QED) is 0.819. The molecule has 23 heavy (non-hydrogen) atoms. The number of rotatable bonds is 2. The van der Waals surface area contributed by atoms with E-state index in [2.05, 4.69) is 31.4 Å². The molecule has 1 saturated heterocycles. The van der Waals surface area contributed by atoms with E-state index in [0.29, 0.717) is 13.1 Å². The molecule has 0 aromatic heterocycles. The van der Waals surface area contributed by atoms with E-state index >= 15 is 0 Å². The van der Waals surface area contributed by atoms with Gasteiger partial charge in [-0.05, 0) is 39.0 Å². The smallest absolute Gasteiger partial charge is 0.410 e. The van der Waals surface area contributed by atoms with Crippen LogP contribution in [0.15, 0.2) is 12.3 Å². The summed E-state index contributed by atoms with van der Waals surface area (Å²) < 4.78 is 5.36. The first-order chi connectivity index (χ1) is 10.5. The highest BCUT2D eigenvalue weighted by atomic mass is 16.6. The van der Waals surface area contributed by atoms with Gasteiger partial charge in [-0.1, -0.05) is 26.8 Å². The van der Waals surface area contributed by atoms with Crippen molar-refractivity contribution in [1.82, 2.24) is 15.5 Å². The van der Waals surface area contributed by atoms with Crippen LogP contribution in [0.1, 0.15) is 54.4 Å². The molecule has 6 nitrogen and oxygen atoms in total. The Kier molecular flexibility index (Phi) is 6.47. The summed E-state index contributed by atoms with van der Waals surface area (Å²) in [7, 11) is 0. The molecule has 0 radical (unpaired) electrons. The fraction of sp³-hybridized carbons (Fsp3) is 0.765. The molecule has 1 aliphatic heterocycles. The Morgan fingerprint density at radius 1 is 1.09 bits per heavy atom. The molecule has 0 atom stereocenters. The Bertz CT molecular complexity index is 439. The maximum atomic E-state index is 12.0. The molecule has 3 amide bonds. The summed E-state index contributed by atoms with van der Waals surface area (Å²) in [6.45, 7) is 13.0. The number of likely N-dealkylation sites (tertiary alicyclic amines) is 1. The van der Waals surface area contributed by atoms with Gasteiger partial charge in [-0.15, -0.1) is 0 Å². The molecule has 0 saturated carbocycles. The molecular formula is C17H31N3O3. The zero-order valence-corrected chi connectivity index (χ0v) is 15.2. The molecule has 1 aliphatic rings. The number of nitrogens with zero attached hydrogens (tertiary/aromatic N) is 1. The average Bonchev–Trinajstić information content (AvgIpc) is 2.35. The fourth-order valence-electron chi connectivity index (χ4n) is 2.13. The number of urea groups is 1. The number of ether oxygens (including phenoxy) is 1. The van der Waals surface area contributed by atoms with Crippen LogP contribution in [0.5, 0.6) is 0 Å². The first-order valence-corrected chi connectivity index (χ1v) is 8.19. The van der Waals surface area contributed by atoms with Crippen LogP contribution in [-0.4, -0.2) is 41.8 Å². The van der Waals surface area contributed by atoms with Gasteiger partial charge >= 0.3 is 12.1 Å². The Morgan fingerprint density at radius 3 is 2.13 bits per heavy atom. The van der Waals surface area contributed by atoms with Crippen molar-refractivity contribution in [2.45, 2.75) is 66.0 Å². The minimum Gasteiger partial charge on any atom is -0.444 e. The van der Waals surface area contributed by atoms with Gasteiger partial charge in [-0.3, -0.25) is 0 Å². The highest BCUT2D eigenvalue weighted by Crippen LogP contribution is 2.16. The summed E-state index contributed by atoms with van der Waals surface area (Å²) in [6, 6.07) is -0.127.